The minimum Gasteiger partial charge on any atom is -0.454 e. The Labute approximate surface area is 140 Å². The highest BCUT2D eigenvalue weighted by Crippen LogP contribution is 2.39. The van der Waals surface area contributed by atoms with Gasteiger partial charge in [0.15, 0.2) is 5.75 Å². The Morgan fingerprint density at radius 1 is 1.09 bits per heavy atom. The zero-order valence-electron chi connectivity index (χ0n) is 12.8. The Hall–Kier alpha value is -1.88. The molecule has 0 amide bonds. The largest absolute Gasteiger partial charge is 0.454 e. The lowest BCUT2D eigenvalue weighted by Gasteiger charge is -2.27. The van der Waals surface area contributed by atoms with E-state index in [2.05, 4.69) is 16.3 Å². The summed E-state index contributed by atoms with van der Waals surface area (Å²) >= 11 is 6.14. The van der Waals surface area contributed by atoms with Gasteiger partial charge in [0.25, 0.3) is 0 Å². The van der Waals surface area contributed by atoms with Crippen molar-refractivity contribution in [1.29, 1.82) is 0 Å². The molecule has 0 saturated carbocycles. The van der Waals surface area contributed by atoms with Gasteiger partial charge in [0.2, 0.25) is 0 Å². The van der Waals surface area contributed by atoms with Crippen molar-refractivity contribution in [2.45, 2.75) is 0 Å². The third-order valence-corrected chi connectivity index (χ3v) is 4.41. The zero-order valence-corrected chi connectivity index (χ0v) is 13.5. The van der Waals surface area contributed by atoms with Crippen LogP contribution < -0.4 is 10.1 Å². The summed E-state index contributed by atoms with van der Waals surface area (Å²) in [6.07, 6.45) is 0. The van der Waals surface area contributed by atoms with Crippen LogP contribution in [0.3, 0.4) is 0 Å². The highest BCUT2D eigenvalue weighted by atomic mass is 35.5. The number of nitrogens with zero attached hydrogens (tertiary/aromatic N) is 2. The van der Waals surface area contributed by atoms with Crippen LogP contribution in [0, 0.1) is 0 Å². The standard InChI is InChI=1S/C18H18ClN3O/c19-13-5-6-18-15(11-13)21-16(12-22-9-7-20-8-10-22)14-3-1-2-4-17(14)23-18/h1-6,11,20H,7-10,12H2. The van der Waals surface area contributed by atoms with E-state index in [1.54, 1.807) is 0 Å². The third kappa shape index (κ3) is 3.11. The third-order valence-electron chi connectivity index (χ3n) is 4.18. The Bertz CT molecular complexity index is 754. The van der Waals surface area contributed by atoms with Gasteiger partial charge in [-0.25, -0.2) is 4.99 Å². The molecular weight excluding hydrogens is 310 g/mol. The van der Waals surface area contributed by atoms with Crippen molar-refractivity contribution in [3.8, 4) is 11.5 Å². The average Bonchev–Trinajstić information content (AvgIpc) is 2.72. The van der Waals surface area contributed by atoms with Crippen molar-refractivity contribution < 1.29 is 4.74 Å². The molecule has 4 nitrogen and oxygen atoms in total. The van der Waals surface area contributed by atoms with E-state index in [0.29, 0.717) is 5.02 Å². The monoisotopic (exact) mass is 327 g/mol. The van der Waals surface area contributed by atoms with Crippen LogP contribution in [0.15, 0.2) is 47.5 Å². The fraction of sp³-hybridized carbons (Fsp3) is 0.278. The molecule has 0 radical (unpaired) electrons. The number of halogens is 1. The van der Waals surface area contributed by atoms with Crippen LogP contribution in [0.1, 0.15) is 5.56 Å². The molecule has 1 N–H and O–H groups in total. The highest BCUT2D eigenvalue weighted by Gasteiger charge is 2.21. The molecule has 0 aliphatic carbocycles. The van der Waals surface area contributed by atoms with Crippen LogP contribution in [0.2, 0.25) is 5.02 Å². The first-order valence-corrected chi connectivity index (χ1v) is 8.25. The predicted octanol–water partition coefficient (Wildman–Crippen LogP) is 3.47. The Balaban J connectivity index is 1.76. The average molecular weight is 328 g/mol. The van der Waals surface area contributed by atoms with Crippen molar-refractivity contribution in [2.24, 2.45) is 4.99 Å². The predicted molar refractivity (Wildman–Crippen MR) is 93.5 cm³/mol. The molecule has 2 heterocycles. The molecule has 4 rings (SSSR count). The Kier molecular flexibility index (Phi) is 4.04. The summed E-state index contributed by atoms with van der Waals surface area (Å²) in [4.78, 5) is 7.30. The van der Waals surface area contributed by atoms with Crippen LogP contribution in [-0.4, -0.2) is 43.3 Å². The molecule has 2 aliphatic rings. The molecular formula is C18H18ClN3O. The molecule has 0 aromatic heterocycles. The zero-order chi connectivity index (χ0) is 15.6. The number of aliphatic imine (C=N–C) groups is 1. The fourth-order valence-electron chi connectivity index (χ4n) is 2.98. The van der Waals surface area contributed by atoms with Crippen molar-refractivity contribution in [1.82, 2.24) is 10.2 Å². The van der Waals surface area contributed by atoms with Gasteiger partial charge in [0, 0.05) is 43.3 Å². The normalized spacial score (nSPS) is 17.5. The van der Waals surface area contributed by atoms with E-state index in [4.69, 9.17) is 21.3 Å². The summed E-state index contributed by atoms with van der Waals surface area (Å²) in [5.41, 5.74) is 2.88. The van der Waals surface area contributed by atoms with Crippen molar-refractivity contribution >= 4 is 23.0 Å². The van der Waals surface area contributed by atoms with Crippen LogP contribution in [-0.2, 0) is 0 Å². The lowest BCUT2D eigenvalue weighted by molar-refractivity contribution is 0.272. The van der Waals surface area contributed by atoms with E-state index in [1.165, 1.54) is 0 Å². The first-order valence-electron chi connectivity index (χ1n) is 7.87. The second-order valence-electron chi connectivity index (χ2n) is 5.79. The van der Waals surface area contributed by atoms with Gasteiger partial charge in [-0.05, 0) is 30.3 Å². The minimum absolute atomic E-state index is 0.670. The molecule has 1 fully saturated rings. The van der Waals surface area contributed by atoms with Gasteiger partial charge in [-0.15, -0.1) is 0 Å². The number of piperazine rings is 1. The molecule has 1 saturated heterocycles. The topological polar surface area (TPSA) is 36.9 Å². The molecule has 2 aromatic rings. The van der Waals surface area contributed by atoms with Gasteiger partial charge in [0.1, 0.15) is 11.4 Å². The van der Waals surface area contributed by atoms with Crippen molar-refractivity contribution in [3.63, 3.8) is 0 Å². The van der Waals surface area contributed by atoms with E-state index in [0.717, 1.165) is 61.2 Å². The smallest absolute Gasteiger partial charge is 0.153 e. The SMILES string of the molecule is Clc1ccc2c(c1)N=C(CN1CCNCC1)c1ccccc1O2. The Morgan fingerprint density at radius 3 is 2.78 bits per heavy atom. The molecule has 0 unspecified atom stereocenters. The molecule has 0 atom stereocenters. The summed E-state index contributed by atoms with van der Waals surface area (Å²) < 4.78 is 6.07. The summed E-state index contributed by atoms with van der Waals surface area (Å²) in [5.74, 6) is 1.60. The molecule has 2 aliphatic heterocycles. The van der Waals surface area contributed by atoms with Crippen LogP contribution in [0.5, 0.6) is 11.5 Å². The van der Waals surface area contributed by atoms with E-state index in [-0.39, 0.29) is 0 Å². The number of rotatable bonds is 2. The molecule has 2 aromatic carbocycles. The number of benzene rings is 2. The van der Waals surface area contributed by atoms with Gasteiger partial charge in [-0.2, -0.15) is 0 Å². The van der Waals surface area contributed by atoms with Gasteiger partial charge in [-0.1, -0.05) is 23.7 Å². The number of hydrogen-bond acceptors (Lipinski definition) is 4. The lowest BCUT2D eigenvalue weighted by atomic mass is 10.1. The van der Waals surface area contributed by atoms with Gasteiger partial charge >= 0.3 is 0 Å². The van der Waals surface area contributed by atoms with E-state index in [1.807, 2.05) is 36.4 Å². The van der Waals surface area contributed by atoms with Gasteiger partial charge < -0.3 is 10.1 Å². The summed E-state index contributed by atoms with van der Waals surface area (Å²) in [6.45, 7) is 4.92. The maximum absolute atomic E-state index is 6.14. The van der Waals surface area contributed by atoms with E-state index < -0.39 is 0 Å². The lowest BCUT2D eigenvalue weighted by Crippen LogP contribution is -2.45. The van der Waals surface area contributed by atoms with Crippen LogP contribution >= 0.6 is 11.6 Å². The van der Waals surface area contributed by atoms with Crippen LogP contribution in [0.4, 0.5) is 5.69 Å². The number of fused-ring (bicyclic) bond motifs is 2. The molecule has 0 spiro atoms. The number of nitrogens with one attached hydrogen (secondary N) is 1. The second kappa shape index (κ2) is 6.32. The van der Waals surface area contributed by atoms with Crippen LogP contribution in [0.25, 0.3) is 0 Å². The van der Waals surface area contributed by atoms with Gasteiger partial charge in [0.05, 0.1) is 5.71 Å². The maximum atomic E-state index is 6.14. The van der Waals surface area contributed by atoms with E-state index in [9.17, 15) is 0 Å². The number of para-hydroxylation sites is 1. The first kappa shape index (κ1) is 14.7. The molecule has 118 valence electrons. The number of hydrogen-bond donors (Lipinski definition) is 1. The molecule has 0 bridgehead atoms. The minimum atomic E-state index is 0.670. The number of ether oxygens (including phenoxy) is 1. The molecule has 23 heavy (non-hydrogen) atoms. The summed E-state index contributed by atoms with van der Waals surface area (Å²) in [5, 5.41) is 4.05. The summed E-state index contributed by atoms with van der Waals surface area (Å²) in [6, 6.07) is 13.7. The molecule has 5 heteroatoms. The fourth-order valence-corrected chi connectivity index (χ4v) is 3.15. The van der Waals surface area contributed by atoms with Crippen molar-refractivity contribution in [3.05, 3.63) is 53.1 Å². The van der Waals surface area contributed by atoms with E-state index >= 15 is 0 Å². The summed E-state index contributed by atoms with van der Waals surface area (Å²) in [7, 11) is 0. The Morgan fingerprint density at radius 2 is 1.91 bits per heavy atom. The highest BCUT2D eigenvalue weighted by molar-refractivity contribution is 6.31. The second-order valence-corrected chi connectivity index (χ2v) is 6.23. The van der Waals surface area contributed by atoms with Crippen molar-refractivity contribution in [2.75, 3.05) is 32.7 Å². The quantitative estimate of drug-likeness (QED) is 0.917. The first-order chi connectivity index (χ1) is 11.3. The maximum Gasteiger partial charge on any atom is 0.153 e. The van der Waals surface area contributed by atoms with Gasteiger partial charge in [-0.3, -0.25) is 4.90 Å².